The summed E-state index contributed by atoms with van der Waals surface area (Å²) >= 11 is 3.19. The van der Waals surface area contributed by atoms with Crippen LogP contribution in [0.25, 0.3) is 0 Å². The second-order valence-electron chi connectivity index (χ2n) is 3.45. The second kappa shape index (κ2) is 5.67. The normalized spacial score (nSPS) is 10.0. The van der Waals surface area contributed by atoms with E-state index in [0.717, 1.165) is 5.69 Å². The number of primary amides is 1. The zero-order valence-corrected chi connectivity index (χ0v) is 10.9. The van der Waals surface area contributed by atoms with Gasteiger partial charge in [-0.2, -0.15) is 0 Å². The van der Waals surface area contributed by atoms with Crippen molar-refractivity contribution in [2.24, 2.45) is 5.73 Å². The van der Waals surface area contributed by atoms with Gasteiger partial charge in [0.05, 0.1) is 12.1 Å². The minimum atomic E-state index is -0.999. The van der Waals surface area contributed by atoms with E-state index >= 15 is 0 Å². The molecule has 0 unspecified atom stereocenters. The summed E-state index contributed by atoms with van der Waals surface area (Å²) in [5, 5.41) is 8.88. The third-order valence-corrected chi connectivity index (χ3v) is 2.93. The first-order chi connectivity index (χ1) is 7.95. The number of carbonyl (C=O) groups excluding carboxylic acids is 1. The van der Waals surface area contributed by atoms with Gasteiger partial charge >= 0.3 is 5.97 Å². The number of amides is 1. The molecule has 0 spiro atoms. The minimum absolute atomic E-state index is 0.107. The molecule has 0 bridgehead atoms. The van der Waals surface area contributed by atoms with Crippen LogP contribution < -0.4 is 10.6 Å². The fourth-order valence-corrected chi connectivity index (χ4v) is 1.98. The summed E-state index contributed by atoms with van der Waals surface area (Å²) in [6.45, 7) is 2.61. The Morgan fingerprint density at radius 2 is 2.12 bits per heavy atom. The lowest BCUT2D eigenvalue weighted by Gasteiger charge is -2.21. The molecule has 1 aromatic carbocycles. The Hall–Kier alpha value is -1.56. The molecule has 0 aliphatic heterocycles. The predicted molar refractivity (Wildman–Crippen MR) is 68.2 cm³/mol. The molecule has 0 fully saturated rings. The Labute approximate surface area is 107 Å². The van der Waals surface area contributed by atoms with Crippen LogP contribution >= 0.6 is 15.9 Å². The number of halogens is 1. The zero-order chi connectivity index (χ0) is 13.0. The summed E-state index contributed by atoms with van der Waals surface area (Å²) in [4.78, 5) is 23.5. The molecule has 0 saturated heterocycles. The number of rotatable bonds is 5. The molecule has 0 aliphatic carbocycles. The number of anilines is 1. The fourth-order valence-electron chi connectivity index (χ4n) is 1.45. The molecule has 3 N–H and O–H groups in total. The summed E-state index contributed by atoms with van der Waals surface area (Å²) < 4.78 is 0.477. The van der Waals surface area contributed by atoms with Gasteiger partial charge in [0, 0.05) is 16.7 Å². The maximum Gasteiger partial charge on any atom is 0.336 e. The van der Waals surface area contributed by atoms with E-state index in [9.17, 15) is 9.59 Å². The molecule has 1 amide bonds. The van der Waals surface area contributed by atoms with Gasteiger partial charge in [-0.25, -0.2) is 4.79 Å². The second-order valence-corrected chi connectivity index (χ2v) is 4.30. The Bertz CT molecular complexity index is 448. The first-order valence-electron chi connectivity index (χ1n) is 5.01. The van der Waals surface area contributed by atoms with E-state index in [0.29, 0.717) is 11.0 Å². The molecular weight excluding hydrogens is 288 g/mol. The van der Waals surface area contributed by atoms with Crippen LogP contribution in [-0.2, 0) is 4.79 Å². The number of aromatic carboxylic acids is 1. The van der Waals surface area contributed by atoms with E-state index in [1.165, 1.54) is 6.07 Å². The Morgan fingerprint density at radius 3 is 2.53 bits per heavy atom. The van der Waals surface area contributed by atoms with Gasteiger partial charge in [0.1, 0.15) is 0 Å². The number of carboxylic acids is 1. The van der Waals surface area contributed by atoms with Gasteiger partial charge in [-0.1, -0.05) is 0 Å². The van der Waals surface area contributed by atoms with Crippen molar-refractivity contribution in [3.05, 3.63) is 28.2 Å². The van der Waals surface area contributed by atoms with Crippen LogP contribution in [0.15, 0.2) is 22.7 Å². The number of nitrogens with zero attached hydrogens (tertiary/aromatic N) is 1. The molecule has 5 nitrogen and oxygen atoms in total. The molecule has 0 heterocycles. The lowest BCUT2D eigenvalue weighted by Crippen LogP contribution is -2.33. The van der Waals surface area contributed by atoms with E-state index in [4.69, 9.17) is 10.8 Å². The van der Waals surface area contributed by atoms with Crippen molar-refractivity contribution in [2.45, 2.75) is 6.92 Å². The first-order valence-corrected chi connectivity index (χ1v) is 5.81. The van der Waals surface area contributed by atoms with Crippen molar-refractivity contribution in [3.63, 3.8) is 0 Å². The molecule has 6 heteroatoms. The lowest BCUT2D eigenvalue weighted by atomic mass is 10.2. The standard InChI is InChI=1S/C11H13BrN2O3/c1-2-14(6-10(13)15)7-3-4-8(11(16)17)9(12)5-7/h3-5H,2,6H2,1H3,(H2,13,15)(H,16,17). The lowest BCUT2D eigenvalue weighted by molar-refractivity contribution is -0.116. The van der Waals surface area contributed by atoms with Crippen LogP contribution in [0.1, 0.15) is 17.3 Å². The minimum Gasteiger partial charge on any atom is -0.478 e. The highest BCUT2D eigenvalue weighted by Gasteiger charge is 2.12. The van der Waals surface area contributed by atoms with Crippen LogP contribution in [0.5, 0.6) is 0 Å². The molecular formula is C11H13BrN2O3. The van der Waals surface area contributed by atoms with Gasteiger partial charge in [-0.05, 0) is 41.1 Å². The number of hydrogen-bond acceptors (Lipinski definition) is 3. The Balaban J connectivity index is 3.02. The summed E-state index contributed by atoms with van der Waals surface area (Å²) in [5.74, 6) is -1.42. The number of likely N-dealkylation sites (N-methyl/N-ethyl adjacent to an activating group) is 1. The van der Waals surface area contributed by atoms with E-state index in [-0.39, 0.29) is 12.1 Å². The van der Waals surface area contributed by atoms with Crippen molar-refractivity contribution in [1.82, 2.24) is 0 Å². The molecule has 17 heavy (non-hydrogen) atoms. The summed E-state index contributed by atoms with van der Waals surface area (Å²) in [6.07, 6.45) is 0. The average molecular weight is 301 g/mol. The monoisotopic (exact) mass is 300 g/mol. The number of carbonyl (C=O) groups is 2. The van der Waals surface area contributed by atoms with Gasteiger partial charge < -0.3 is 15.7 Å². The fraction of sp³-hybridized carbons (Fsp3) is 0.273. The van der Waals surface area contributed by atoms with E-state index in [2.05, 4.69) is 15.9 Å². The number of hydrogen-bond donors (Lipinski definition) is 2. The van der Waals surface area contributed by atoms with Gasteiger partial charge in [0.15, 0.2) is 0 Å². The average Bonchev–Trinajstić information content (AvgIpc) is 2.24. The van der Waals surface area contributed by atoms with Crippen LogP contribution in [0.4, 0.5) is 5.69 Å². The van der Waals surface area contributed by atoms with Crippen LogP contribution in [0.2, 0.25) is 0 Å². The van der Waals surface area contributed by atoms with Crippen molar-refractivity contribution < 1.29 is 14.7 Å². The maximum absolute atomic E-state index is 10.9. The third kappa shape index (κ3) is 3.45. The molecule has 1 aromatic rings. The van der Waals surface area contributed by atoms with E-state index in [1.54, 1.807) is 17.0 Å². The van der Waals surface area contributed by atoms with Crippen molar-refractivity contribution in [2.75, 3.05) is 18.0 Å². The van der Waals surface area contributed by atoms with E-state index in [1.807, 2.05) is 6.92 Å². The largest absolute Gasteiger partial charge is 0.478 e. The Morgan fingerprint density at radius 1 is 1.47 bits per heavy atom. The highest BCUT2D eigenvalue weighted by molar-refractivity contribution is 9.10. The zero-order valence-electron chi connectivity index (χ0n) is 9.31. The highest BCUT2D eigenvalue weighted by Crippen LogP contribution is 2.24. The van der Waals surface area contributed by atoms with Gasteiger partial charge in [0.25, 0.3) is 0 Å². The van der Waals surface area contributed by atoms with Gasteiger partial charge in [-0.3, -0.25) is 4.79 Å². The summed E-state index contributed by atoms with van der Waals surface area (Å²) in [5.41, 5.74) is 6.07. The topological polar surface area (TPSA) is 83.6 Å². The maximum atomic E-state index is 10.9. The van der Waals surface area contributed by atoms with Gasteiger partial charge in [0.2, 0.25) is 5.91 Å². The van der Waals surface area contributed by atoms with Crippen LogP contribution in [0.3, 0.4) is 0 Å². The Kier molecular flexibility index (Phi) is 4.51. The van der Waals surface area contributed by atoms with Crippen molar-refractivity contribution >= 4 is 33.5 Å². The van der Waals surface area contributed by atoms with E-state index < -0.39 is 11.9 Å². The quantitative estimate of drug-likeness (QED) is 0.862. The molecule has 0 atom stereocenters. The summed E-state index contributed by atoms with van der Waals surface area (Å²) in [6, 6.07) is 4.81. The number of carboxylic acid groups (broad SMARTS) is 1. The third-order valence-electron chi connectivity index (χ3n) is 2.28. The number of benzene rings is 1. The smallest absolute Gasteiger partial charge is 0.336 e. The number of nitrogens with two attached hydrogens (primary N) is 1. The van der Waals surface area contributed by atoms with Gasteiger partial charge in [-0.15, -0.1) is 0 Å². The molecule has 0 saturated carbocycles. The van der Waals surface area contributed by atoms with Crippen molar-refractivity contribution in [3.8, 4) is 0 Å². The molecule has 0 aliphatic rings. The molecule has 0 aromatic heterocycles. The first kappa shape index (κ1) is 13.5. The van der Waals surface area contributed by atoms with Crippen molar-refractivity contribution in [1.29, 1.82) is 0 Å². The molecule has 1 rings (SSSR count). The predicted octanol–water partition coefficient (Wildman–Crippen LogP) is 1.46. The highest BCUT2D eigenvalue weighted by atomic mass is 79.9. The SMILES string of the molecule is CCN(CC(N)=O)c1ccc(C(=O)O)c(Br)c1. The molecule has 92 valence electrons. The van der Waals surface area contributed by atoms with Crippen LogP contribution in [-0.4, -0.2) is 30.1 Å². The van der Waals surface area contributed by atoms with Crippen LogP contribution in [0, 0.1) is 0 Å². The molecule has 0 radical (unpaired) electrons. The summed E-state index contributed by atoms with van der Waals surface area (Å²) in [7, 11) is 0.